The molecule has 1 rings (SSSR count). The van der Waals surface area contributed by atoms with Gasteiger partial charge in [-0.05, 0) is 25.2 Å². The standard InChI is InChI=1S/C16H28N4O3S.ClH/c1-4-19(5-2)12-15-7-6-14(23-15)8-10-24-11-9-18-16(17-3)13-20(21)22;/h6-7,13,17-18H,4-5,8-12H2,1-3H3;1H. The van der Waals surface area contributed by atoms with Gasteiger partial charge in [0.1, 0.15) is 11.5 Å². The molecule has 0 aliphatic heterocycles. The molecule has 0 amide bonds. The zero-order valence-corrected chi connectivity index (χ0v) is 16.8. The number of nitrogens with one attached hydrogen (secondary N) is 2. The highest BCUT2D eigenvalue weighted by Gasteiger charge is 2.06. The highest BCUT2D eigenvalue weighted by atomic mass is 35.5. The molecule has 25 heavy (non-hydrogen) atoms. The lowest BCUT2D eigenvalue weighted by Gasteiger charge is -2.15. The summed E-state index contributed by atoms with van der Waals surface area (Å²) in [7, 11) is 1.65. The predicted molar refractivity (Wildman–Crippen MR) is 106 cm³/mol. The third-order valence-corrected chi connectivity index (χ3v) is 4.54. The van der Waals surface area contributed by atoms with E-state index in [2.05, 4.69) is 41.5 Å². The molecule has 1 aromatic heterocycles. The van der Waals surface area contributed by atoms with Crippen LogP contribution in [-0.2, 0) is 13.0 Å². The molecular formula is C16H29ClN4O3S. The zero-order valence-electron chi connectivity index (χ0n) is 15.1. The number of nitrogens with zero attached hydrogens (tertiary/aromatic N) is 2. The topological polar surface area (TPSA) is 83.6 Å². The second-order valence-electron chi connectivity index (χ2n) is 5.20. The van der Waals surface area contributed by atoms with E-state index in [1.807, 2.05) is 0 Å². The number of nitro groups is 1. The Labute approximate surface area is 160 Å². The molecule has 0 fully saturated rings. The quantitative estimate of drug-likeness (QED) is 0.303. The maximum Gasteiger partial charge on any atom is 0.274 e. The molecule has 0 unspecified atom stereocenters. The van der Waals surface area contributed by atoms with Crippen molar-refractivity contribution in [2.45, 2.75) is 26.8 Å². The first-order chi connectivity index (χ1) is 11.6. The number of thioether (sulfide) groups is 1. The normalized spacial score (nSPS) is 11.3. The molecule has 9 heteroatoms. The lowest BCUT2D eigenvalue weighted by Crippen LogP contribution is -2.26. The van der Waals surface area contributed by atoms with Crippen LogP contribution in [0.1, 0.15) is 25.4 Å². The Morgan fingerprint density at radius 2 is 2.00 bits per heavy atom. The third-order valence-electron chi connectivity index (χ3n) is 3.55. The molecule has 0 aliphatic carbocycles. The van der Waals surface area contributed by atoms with Crippen LogP contribution in [0.4, 0.5) is 0 Å². The van der Waals surface area contributed by atoms with Gasteiger partial charge < -0.3 is 15.1 Å². The second-order valence-corrected chi connectivity index (χ2v) is 6.42. The fourth-order valence-corrected chi connectivity index (χ4v) is 2.94. The average molecular weight is 393 g/mol. The molecule has 1 heterocycles. The summed E-state index contributed by atoms with van der Waals surface area (Å²) in [5.74, 6) is 4.30. The maximum absolute atomic E-state index is 10.4. The van der Waals surface area contributed by atoms with E-state index in [0.717, 1.165) is 55.3 Å². The van der Waals surface area contributed by atoms with Crippen molar-refractivity contribution in [3.05, 3.63) is 45.8 Å². The van der Waals surface area contributed by atoms with Crippen molar-refractivity contribution in [3.63, 3.8) is 0 Å². The van der Waals surface area contributed by atoms with Crippen molar-refractivity contribution in [2.75, 3.05) is 38.2 Å². The van der Waals surface area contributed by atoms with Gasteiger partial charge in [0.2, 0.25) is 0 Å². The van der Waals surface area contributed by atoms with E-state index in [0.29, 0.717) is 12.4 Å². The molecule has 0 spiro atoms. The second kappa shape index (κ2) is 13.9. The van der Waals surface area contributed by atoms with Crippen LogP contribution >= 0.6 is 24.2 Å². The van der Waals surface area contributed by atoms with Crippen LogP contribution in [0, 0.1) is 10.1 Å². The highest BCUT2D eigenvalue weighted by molar-refractivity contribution is 7.99. The van der Waals surface area contributed by atoms with Gasteiger partial charge in [-0.2, -0.15) is 11.8 Å². The van der Waals surface area contributed by atoms with Crippen LogP contribution in [0.5, 0.6) is 0 Å². The van der Waals surface area contributed by atoms with Crippen LogP contribution in [-0.4, -0.2) is 48.0 Å². The van der Waals surface area contributed by atoms with Gasteiger partial charge in [-0.15, -0.1) is 12.4 Å². The number of halogens is 1. The van der Waals surface area contributed by atoms with Gasteiger partial charge in [-0.3, -0.25) is 15.0 Å². The van der Waals surface area contributed by atoms with E-state index >= 15 is 0 Å². The first-order valence-electron chi connectivity index (χ1n) is 8.23. The highest BCUT2D eigenvalue weighted by Crippen LogP contribution is 2.13. The minimum absolute atomic E-state index is 0. The van der Waals surface area contributed by atoms with Gasteiger partial charge in [0.05, 0.1) is 11.5 Å². The fourth-order valence-electron chi connectivity index (χ4n) is 2.15. The Balaban J connectivity index is 0.00000576. The van der Waals surface area contributed by atoms with Crippen LogP contribution in [0.15, 0.2) is 28.6 Å². The van der Waals surface area contributed by atoms with Crippen LogP contribution in [0.2, 0.25) is 0 Å². The molecule has 0 radical (unpaired) electrons. The van der Waals surface area contributed by atoms with E-state index in [-0.39, 0.29) is 12.4 Å². The third kappa shape index (κ3) is 10.3. The Morgan fingerprint density at radius 1 is 1.32 bits per heavy atom. The Morgan fingerprint density at radius 3 is 2.60 bits per heavy atom. The van der Waals surface area contributed by atoms with Crippen molar-refractivity contribution in [3.8, 4) is 0 Å². The molecule has 144 valence electrons. The number of hydrogen-bond donors (Lipinski definition) is 2. The number of hydrogen-bond acceptors (Lipinski definition) is 7. The van der Waals surface area contributed by atoms with Crippen LogP contribution < -0.4 is 10.6 Å². The number of rotatable bonds is 13. The smallest absolute Gasteiger partial charge is 0.274 e. The first-order valence-corrected chi connectivity index (χ1v) is 9.39. The number of aryl methyl sites for hydroxylation is 1. The maximum atomic E-state index is 10.4. The molecule has 7 nitrogen and oxygen atoms in total. The van der Waals surface area contributed by atoms with Gasteiger partial charge in [0.25, 0.3) is 6.20 Å². The molecule has 2 N–H and O–H groups in total. The van der Waals surface area contributed by atoms with Crippen LogP contribution in [0.3, 0.4) is 0 Å². The van der Waals surface area contributed by atoms with Gasteiger partial charge >= 0.3 is 0 Å². The molecule has 0 aromatic carbocycles. The van der Waals surface area contributed by atoms with Crippen molar-refractivity contribution >= 4 is 24.2 Å². The molecular weight excluding hydrogens is 364 g/mol. The summed E-state index contributed by atoms with van der Waals surface area (Å²) >= 11 is 1.79. The van der Waals surface area contributed by atoms with E-state index < -0.39 is 4.92 Å². The molecule has 0 aliphatic rings. The summed E-state index contributed by atoms with van der Waals surface area (Å²) in [5, 5.41) is 16.2. The predicted octanol–water partition coefficient (Wildman–Crippen LogP) is 2.70. The molecule has 0 atom stereocenters. The van der Waals surface area contributed by atoms with Gasteiger partial charge in [-0.25, -0.2) is 0 Å². The van der Waals surface area contributed by atoms with Crippen molar-refractivity contribution in [2.24, 2.45) is 0 Å². The Hall–Kier alpha value is -1.38. The minimum atomic E-state index is -0.474. The van der Waals surface area contributed by atoms with Crippen molar-refractivity contribution in [1.82, 2.24) is 15.5 Å². The Kier molecular flexibility index (Phi) is 13.1. The van der Waals surface area contributed by atoms with Crippen molar-refractivity contribution < 1.29 is 9.34 Å². The summed E-state index contributed by atoms with van der Waals surface area (Å²) in [6.45, 7) is 7.89. The van der Waals surface area contributed by atoms with Gasteiger partial charge in [0, 0.05) is 31.5 Å². The first kappa shape index (κ1) is 23.6. The van der Waals surface area contributed by atoms with Crippen LogP contribution in [0.25, 0.3) is 0 Å². The Bertz CT molecular complexity index is 521. The van der Waals surface area contributed by atoms with E-state index in [1.54, 1.807) is 18.8 Å². The summed E-state index contributed by atoms with van der Waals surface area (Å²) in [4.78, 5) is 12.2. The molecule has 0 saturated carbocycles. The molecule has 1 aromatic rings. The lowest BCUT2D eigenvalue weighted by atomic mass is 10.3. The van der Waals surface area contributed by atoms with Gasteiger partial charge in [-0.1, -0.05) is 13.8 Å². The molecule has 0 bridgehead atoms. The minimum Gasteiger partial charge on any atom is -0.465 e. The van der Waals surface area contributed by atoms with Crippen molar-refractivity contribution in [1.29, 1.82) is 0 Å². The lowest BCUT2D eigenvalue weighted by molar-refractivity contribution is -0.404. The summed E-state index contributed by atoms with van der Waals surface area (Å²) in [6, 6.07) is 4.11. The van der Waals surface area contributed by atoms with Gasteiger partial charge in [0.15, 0.2) is 5.82 Å². The zero-order chi connectivity index (χ0) is 17.8. The molecule has 0 saturated heterocycles. The number of furan rings is 1. The average Bonchev–Trinajstić information content (AvgIpc) is 3.01. The van der Waals surface area contributed by atoms with E-state index in [1.165, 1.54) is 0 Å². The monoisotopic (exact) mass is 392 g/mol. The summed E-state index contributed by atoms with van der Waals surface area (Å²) in [5.41, 5.74) is 0. The summed E-state index contributed by atoms with van der Waals surface area (Å²) < 4.78 is 5.86. The fraction of sp³-hybridized carbons (Fsp3) is 0.625. The van der Waals surface area contributed by atoms with E-state index in [4.69, 9.17) is 4.42 Å². The largest absolute Gasteiger partial charge is 0.465 e. The SMILES string of the molecule is CCN(CC)Cc1ccc(CCSCCNC(=C[N+](=O)[O-])NC)o1.Cl. The van der Waals surface area contributed by atoms with E-state index in [9.17, 15) is 10.1 Å². The summed E-state index contributed by atoms with van der Waals surface area (Å²) in [6.07, 6.45) is 1.83.